The lowest BCUT2D eigenvalue weighted by Crippen LogP contribution is -2.38. The predicted molar refractivity (Wildman–Crippen MR) is 108 cm³/mol. The molecule has 0 saturated heterocycles. The molecule has 0 aliphatic rings. The van der Waals surface area contributed by atoms with Gasteiger partial charge in [0.05, 0.1) is 16.7 Å². The first-order valence-corrected chi connectivity index (χ1v) is 9.50. The highest BCUT2D eigenvalue weighted by atomic mass is 16.5. The van der Waals surface area contributed by atoms with Crippen LogP contribution in [0.25, 0.3) is 11.0 Å². The van der Waals surface area contributed by atoms with Gasteiger partial charge in [0, 0.05) is 38.7 Å². The van der Waals surface area contributed by atoms with E-state index < -0.39 is 0 Å². The molecule has 0 saturated carbocycles. The number of benzene rings is 1. The van der Waals surface area contributed by atoms with Gasteiger partial charge in [0.2, 0.25) is 0 Å². The first kappa shape index (κ1) is 18.9. The highest BCUT2D eigenvalue weighted by molar-refractivity contribution is 5.79. The van der Waals surface area contributed by atoms with E-state index in [9.17, 15) is 0 Å². The molecule has 1 aromatic carbocycles. The summed E-state index contributed by atoms with van der Waals surface area (Å²) in [7, 11) is 1.78. The molecule has 0 radical (unpaired) electrons. The second kappa shape index (κ2) is 8.70. The topological polar surface area (TPSA) is 80.3 Å². The van der Waals surface area contributed by atoms with Crippen LogP contribution < -0.4 is 10.6 Å². The molecule has 7 heteroatoms. The Bertz CT molecular complexity index is 902. The first-order chi connectivity index (χ1) is 13.2. The van der Waals surface area contributed by atoms with E-state index in [1.54, 1.807) is 7.05 Å². The molecule has 27 heavy (non-hydrogen) atoms. The number of hydrogen-bond acceptors (Lipinski definition) is 4. The van der Waals surface area contributed by atoms with Gasteiger partial charge >= 0.3 is 0 Å². The summed E-state index contributed by atoms with van der Waals surface area (Å²) < 4.78 is 7.65. The van der Waals surface area contributed by atoms with Crippen molar-refractivity contribution in [1.29, 1.82) is 0 Å². The number of aliphatic imine (C=N–C) groups is 1. The van der Waals surface area contributed by atoms with Gasteiger partial charge in [0.25, 0.3) is 0 Å². The minimum absolute atomic E-state index is 0.655. The average Bonchev–Trinajstić information content (AvgIpc) is 3.24. The molecule has 144 valence electrons. The molecule has 2 heterocycles. The van der Waals surface area contributed by atoms with Crippen molar-refractivity contribution in [3.05, 3.63) is 47.1 Å². The maximum absolute atomic E-state index is 5.43. The maximum Gasteiger partial charge on any atom is 0.191 e. The van der Waals surface area contributed by atoms with Crippen LogP contribution in [-0.2, 0) is 25.9 Å². The first-order valence-electron chi connectivity index (χ1n) is 9.50. The zero-order chi connectivity index (χ0) is 19.2. The summed E-state index contributed by atoms with van der Waals surface area (Å²) in [5.41, 5.74) is 4.34. The third-order valence-electron chi connectivity index (χ3n) is 4.74. The number of imidazole rings is 1. The molecule has 2 aromatic heterocycles. The Kier molecular flexibility index (Phi) is 6.11. The lowest BCUT2D eigenvalue weighted by Gasteiger charge is -2.13. The summed E-state index contributed by atoms with van der Waals surface area (Å²) in [5.74, 6) is 2.73. The van der Waals surface area contributed by atoms with Gasteiger partial charge in [-0.1, -0.05) is 31.1 Å². The molecule has 0 unspecified atom stereocenters. The van der Waals surface area contributed by atoms with Gasteiger partial charge in [-0.3, -0.25) is 4.99 Å². The molecule has 0 amide bonds. The fraction of sp³-hybridized carbons (Fsp3) is 0.450. The van der Waals surface area contributed by atoms with Crippen molar-refractivity contribution < 1.29 is 4.52 Å². The zero-order valence-electron chi connectivity index (χ0n) is 16.5. The van der Waals surface area contributed by atoms with E-state index in [1.165, 1.54) is 0 Å². The summed E-state index contributed by atoms with van der Waals surface area (Å²) in [6.07, 6.45) is 1.70. The molecule has 3 rings (SSSR count). The number of hydrogen-bond donors (Lipinski definition) is 2. The van der Waals surface area contributed by atoms with Crippen LogP contribution in [0.2, 0.25) is 0 Å². The van der Waals surface area contributed by atoms with E-state index in [2.05, 4.69) is 50.2 Å². The highest BCUT2D eigenvalue weighted by Crippen LogP contribution is 2.16. The van der Waals surface area contributed by atoms with Gasteiger partial charge in [0.1, 0.15) is 11.6 Å². The Morgan fingerprint density at radius 2 is 2.00 bits per heavy atom. The van der Waals surface area contributed by atoms with Gasteiger partial charge in [-0.15, -0.1) is 0 Å². The minimum Gasteiger partial charge on any atom is -0.361 e. The highest BCUT2D eigenvalue weighted by Gasteiger charge is 2.13. The normalized spacial score (nSPS) is 11.9. The van der Waals surface area contributed by atoms with E-state index >= 15 is 0 Å². The van der Waals surface area contributed by atoms with Gasteiger partial charge in [-0.2, -0.15) is 0 Å². The smallest absolute Gasteiger partial charge is 0.191 e. The molecule has 0 bridgehead atoms. The van der Waals surface area contributed by atoms with E-state index in [0.717, 1.165) is 65.8 Å². The Balaban J connectivity index is 1.58. The number of guanidine groups is 1. The van der Waals surface area contributed by atoms with Crippen molar-refractivity contribution in [3.63, 3.8) is 0 Å². The van der Waals surface area contributed by atoms with E-state index in [4.69, 9.17) is 4.52 Å². The fourth-order valence-electron chi connectivity index (χ4n) is 3.29. The summed E-state index contributed by atoms with van der Waals surface area (Å²) in [5, 5.41) is 10.9. The summed E-state index contributed by atoms with van der Waals surface area (Å²) in [6, 6.07) is 8.21. The molecule has 0 atom stereocenters. The summed E-state index contributed by atoms with van der Waals surface area (Å²) in [4.78, 5) is 8.93. The quantitative estimate of drug-likeness (QED) is 0.495. The Labute approximate surface area is 159 Å². The van der Waals surface area contributed by atoms with E-state index in [-0.39, 0.29) is 0 Å². The number of nitrogens with one attached hydrogen (secondary N) is 2. The van der Waals surface area contributed by atoms with Crippen LogP contribution in [0.5, 0.6) is 0 Å². The number of aryl methyl sites for hydroxylation is 3. The van der Waals surface area contributed by atoms with Crippen molar-refractivity contribution >= 4 is 17.0 Å². The second-order valence-electron chi connectivity index (χ2n) is 6.39. The number of fused-ring (bicyclic) bond motifs is 1. The van der Waals surface area contributed by atoms with Gasteiger partial charge in [-0.05, 0) is 25.5 Å². The van der Waals surface area contributed by atoms with E-state index in [0.29, 0.717) is 6.54 Å². The van der Waals surface area contributed by atoms with Crippen LogP contribution in [0.3, 0.4) is 0 Å². The van der Waals surface area contributed by atoms with Gasteiger partial charge in [0.15, 0.2) is 5.96 Å². The van der Waals surface area contributed by atoms with Crippen LogP contribution in [0, 0.1) is 6.92 Å². The van der Waals surface area contributed by atoms with Crippen LogP contribution in [0.1, 0.15) is 36.7 Å². The van der Waals surface area contributed by atoms with Gasteiger partial charge in [-0.25, -0.2) is 4.98 Å². The molecule has 2 N–H and O–H groups in total. The molecule has 0 spiro atoms. The maximum atomic E-state index is 5.43. The SMILES string of the molecule is CCc1noc(CC)c1CNC(=NC)NCCn1c(C)nc2ccccc21. The zero-order valence-corrected chi connectivity index (χ0v) is 16.5. The van der Waals surface area contributed by atoms with Crippen LogP contribution in [0.4, 0.5) is 0 Å². The fourth-order valence-corrected chi connectivity index (χ4v) is 3.29. The molecular weight excluding hydrogens is 340 g/mol. The standard InChI is InChI=1S/C20H28N6O/c1-5-16-15(19(6-2)27-25-16)13-23-20(21-4)22-11-12-26-14(3)24-17-9-7-8-10-18(17)26/h7-10H,5-6,11-13H2,1-4H3,(H2,21,22,23). The monoisotopic (exact) mass is 368 g/mol. The van der Waals surface area contributed by atoms with Crippen LogP contribution >= 0.6 is 0 Å². The van der Waals surface area contributed by atoms with Crippen LogP contribution in [0.15, 0.2) is 33.8 Å². The summed E-state index contributed by atoms with van der Waals surface area (Å²) >= 11 is 0. The number of para-hydroxylation sites is 2. The van der Waals surface area contributed by atoms with Gasteiger partial charge < -0.3 is 19.7 Å². The molecule has 7 nitrogen and oxygen atoms in total. The predicted octanol–water partition coefficient (Wildman–Crippen LogP) is 2.82. The van der Waals surface area contributed by atoms with Crippen LogP contribution in [-0.4, -0.2) is 34.3 Å². The Hall–Kier alpha value is -2.83. The third-order valence-corrected chi connectivity index (χ3v) is 4.74. The van der Waals surface area contributed by atoms with Crippen molar-refractivity contribution in [3.8, 4) is 0 Å². The number of aromatic nitrogens is 3. The molecule has 0 fully saturated rings. The van der Waals surface area contributed by atoms with Crippen molar-refractivity contribution in [2.75, 3.05) is 13.6 Å². The Morgan fingerprint density at radius 3 is 2.74 bits per heavy atom. The third kappa shape index (κ3) is 4.13. The summed E-state index contributed by atoms with van der Waals surface area (Å²) in [6.45, 7) is 8.44. The molecule has 0 aliphatic carbocycles. The largest absolute Gasteiger partial charge is 0.361 e. The van der Waals surface area contributed by atoms with E-state index in [1.807, 2.05) is 25.1 Å². The van der Waals surface area contributed by atoms with Crippen molar-refractivity contribution in [2.45, 2.75) is 46.7 Å². The average molecular weight is 368 g/mol. The van der Waals surface area contributed by atoms with Crippen molar-refractivity contribution in [2.24, 2.45) is 4.99 Å². The van der Waals surface area contributed by atoms with Crippen molar-refractivity contribution in [1.82, 2.24) is 25.3 Å². The Morgan fingerprint density at radius 1 is 1.19 bits per heavy atom. The lowest BCUT2D eigenvalue weighted by atomic mass is 10.1. The number of nitrogens with zero attached hydrogens (tertiary/aromatic N) is 4. The minimum atomic E-state index is 0.655. The number of rotatable bonds is 7. The molecular formula is C20H28N6O. The second-order valence-corrected chi connectivity index (χ2v) is 6.39. The molecule has 0 aliphatic heterocycles. The molecule has 3 aromatic rings. The lowest BCUT2D eigenvalue weighted by molar-refractivity contribution is 0.380.